The molecule has 3 aromatic carbocycles. The number of benzene rings is 3. The van der Waals surface area contributed by atoms with Gasteiger partial charge in [-0.1, -0.05) is 36.4 Å². The number of anilines is 1. The van der Waals surface area contributed by atoms with E-state index in [2.05, 4.69) is 5.32 Å². The van der Waals surface area contributed by atoms with E-state index in [-0.39, 0.29) is 17.5 Å². The van der Waals surface area contributed by atoms with E-state index >= 15 is 0 Å². The topological polar surface area (TPSA) is 84.9 Å². The molecule has 0 spiro atoms. The van der Waals surface area contributed by atoms with Gasteiger partial charge in [0.1, 0.15) is 18.0 Å². The Morgan fingerprint density at radius 2 is 1.61 bits per heavy atom. The summed E-state index contributed by atoms with van der Waals surface area (Å²) in [6.07, 6.45) is 0. The lowest BCUT2D eigenvalue weighted by Gasteiger charge is -2.25. The summed E-state index contributed by atoms with van der Waals surface area (Å²) in [5.41, 5.74) is 1.16. The van der Waals surface area contributed by atoms with Gasteiger partial charge in [-0.2, -0.15) is 0 Å². The Bertz CT molecular complexity index is 1160. The molecule has 0 radical (unpaired) electrons. The lowest BCUT2D eigenvalue weighted by molar-refractivity contribution is -0.120. The zero-order valence-electron chi connectivity index (χ0n) is 18.9. The minimum Gasteiger partial charge on any atom is -0.496 e. The molecule has 0 bridgehead atoms. The molecule has 1 N–H and O–H groups in total. The molecular formula is C25H28N2O5S. The zero-order chi connectivity index (χ0) is 23.8. The lowest BCUT2D eigenvalue weighted by Crippen LogP contribution is -2.41. The van der Waals surface area contributed by atoms with Crippen LogP contribution in [0.3, 0.4) is 0 Å². The minimum atomic E-state index is -3.98. The number of para-hydroxylation sites is 1. The molecule has 0 aromatic heterocycles. The van der Waals surface area contributed by atoms with Crippen LogP contribution < -0.4 is 19.1 Å². The van der Waals surface area contributed by atoms with Crippen LogP contribution in [0.25, 0.3) is 0 Å². The van der Waals surface area contributed by atoms with Gasteiger partial charge in [-0.25, -0.2) is 8.42 Å². The highest BCUT2D eigenvalue weighted by molar-refractivity contribution is 7.92. The van der Waals surface area contributed by atoms with Crippen LogP contribution in [0.2, 0.25) is 0 Å². The maximum absolute atomic E-state index is 13.4. The van der Waals surface area contributed by atoms with Crippen molar-refractivity contribution in [1.29, 1.82) is 0 Å². The van der Waals surface area contributed by atoms with Crippen molar-refractivity contribution in [2.24, 2.45) is 0 Å². The molecular weight excluding hydrogens is 440 g/mol. The number of rotatable bonds is 10. The van der Waals surface area contributed by atoms with Gasteiger partial charge in [-0.15, -0.1) is 0 Å². The molecule has 0 saturated heterocycles. The summed E-state index contributed by atoms with van der Waals surface area (Å²) < 4.78 is 38.8. The average molecular weight is 469 g/mol. The van der Waals surface area contributed by atoms with Crippen LogP contribution in [0.1, 0.15) is 25.5 Å². The van der Waals surface area contributed by atoms with Crippen LogP contribution in [0.5, 0.6) is 11.5 Å². The molecule has 33 heavy (non-hydrogen) atoms. The second-order valence-electron chi connectivity index (χ2n) is 7.28. The molecule has 7 nitrogen and oxygen atoms in total. The molecule has 0 saturated carbocycles. The van der Waals surface area contributed by atoms with Crippen molar-refractivity contribution in [3.8, 4) is 11.5 Å². The fourth-order valence-electron chi connectivity index (χ4n) is 3.43. The van der Waals surface area contributed by atoms with Crippen LogP contribution in [0.15, 0.2) is 83.8 Å². The molecule has 1 amide bonds. The predicted molar refractivity (Wildman–Crippen MR) is 128 cm³/mol. The highest BCUT2D eigenvalue weighted by Crippen LogP contribution is 2.27. The van der Waals surface area contributed by atoms with Gasteiger partial charge in [0, 0.05) is 5.56 Å². The number of hydrogen-bond donors (Lipinski definition) is 1. The van der Waals surface area contributed by atoms with Crippen molar-refractivity contribution < 1.29 is 22.7 Å². The first-order valence-corrected chi connectivity index (χ1v) is 12.0. The molecule has 0 aliphatic carbocycles. The first kappa shape index (κ1) is 24.1. The standard InChI is InChI=1S/C25H28N2O5S/c1-4-32-21-16-14-20(15-17-21)27(33(29,30)22-10-6-5-7-11-22)18-25(28)26-19(2)23-12-8-9-13-24(23)31-3/h5-17,19H,4,18H2,1-3H3,(H,26,28). The van der Waals surface area contributed by atoms with E-state index < -0.39 is 15.9 Å². The molecule has 0 heterocycles. The van der Waals surface area contributed by atoms with E-state index in [0.717, 1.165) is 9.87 Å². The molecule has 1 unspecified atom stereocenters. The second-order valence-corrected chi connectivity index (χ2v) is 9.15. The third-order valence-electron chi connectivity index (χ3n) is 5.04. The predicted octanol–water partition coefficient (Wildman–Crippen LogP) is 4.17. The molecule has 1 atom stereocenters. The van der Waals surface area contributed by atoms with E-state index in [0.29, 0.717) is 23.8 Å². The van der Waals surface area contributed by atoms with E-state index in [1.54, 1.807) is 49.6 Å². The monoisotopic (exact) mass is 468 g/mol. The number of methoxy groups -OCH3 is 1. The van der Waals surface area contributed by atoms with Gasteiger partial charge in [-0.3, -0.25) is 9.10 Å². The van der Waals surface area contributed by atoms with E-state index in [1.165, 1.54) is 12.1 Å². The van der Waals surface area contributed by atoms with Crippen LogP contribution >= 0.6 is 0 Å². The van der Waals surface area contributed by atoms with Gasteiger partial charge in [0.25, 0.3) is 10.0 Å². The van der Waals surface area contributed by atoms with Crippen molar-refractivity contribution in [1.82, 2.24) is 5.32 Å². The first-order valence-electron chi connectivity index (χ1n) is 10.6. The summed E-state index contributed by atoms with van der Waals surface area (Å²) in [5.74, 6) is 0.819. The summed E-state index contributed by atoms with van der Waals surface area (Å²) in [4.78, 5) is 13.1. The lowest BCUT2D eigenvalue weighted by atomic mass is 10.1. The summed E-state index contributed by atoms with van der Waals surface area (Å²) in [6.45, 7) is 3.80. The van der Waals surface area contributed by atoms with Gasteiger partial charge in [0.05, 0.1) is 30.3 Å². The molecule has 3 aromatic rings. The Morgan fingerprint density at radius 1 is 0.970 bits per heavy atom. The quantitative estimate of drug-likeness (QED) is 0.483. The highest BCUT2D eigenvalue weighted by atomic mass is 32.2. The zero-order valence-corrected chi connectivity index (χ0v) is 19.7. The minimum absolute atomic E-state index is 0.101. The number of carbonyl (C=O) groups excluding carboxylic acids is 1. The first-order chi connectivity index (χ1) is 15.9. The SMILES string of the molecule is CCOc1ccc(N(CC(=O)NC(C)c2ccccc2OC)S(=O)(=O)c2ccccc2)cc1. The third kappa shape index (κ3) is 5.84. The fraction of sp³-hybridized carbons (Fsp3) is 0.240. The maximum Gasteiger partial charge on any atom is 0.264 e. The van der Waals surface area contributed by atoms with E-state index in [1.807, 2.05) is 38.1 Å². The Labute approximate surface area is 195 Å². The summed E-state index contributed by atoms with van der Waals surface area (Å²) in [6, 6.07) is 21.6. The molecule has 8 heteroatoms. The number of nitrogens with one attached hydrogen (secondary N) is 1. The van der Waals surface area contributed by atoms with Crippen LogP contribution in [0.4, 0.5) is 5.69 Å². The van der Waals surface area contributed by atoms with Gasteiger partial charge < -0.3 is 14.8 Å². The summed E-state index contributed by atoms with van der Waals surface area (Å²) in [5, 5.41) is 2.88. The number of carbonyl (C=O) groups is 1. The molecule has 3 rings (SSSR count). The third-order valence-corrected chi connectivity index (χ3v) is 6.83. The number of nitrogens with zero attached hydrogens (tertiary/aromatic N) is 1. The van der Waals surface area contributed by atoms with Gasteiger partial charge in [0.15, 0.2) is 0 Å². The van der Waals surface area contributed by atoms with E-state index in [9.17, 15) is 13.2 Å². The van der Waals surface area contributed by atoms with Gasteiger partial charge >= 0.3 is 0 Å². The van der Waals surface area contributed by atoms with Crippen molar-refractivity contribution in [3.05, 3.63) is 84.4 Å². The van der Waals surface area contributed by atoms with Gasteiger partial charge in [-0.05, 0) is 56.3 Å². The smallest absolute Gasteiger partial charge is 0.264 e. The number of ether oxygens (including phenoxy) is 2. The van der Waals surface area contributed by atoms with Crippen molar-refractivity contribution in [2.75, 3.05) is 24.6 Å². The second kappa shape index (κ2) is 10.9. The Balaban J connectivity index is 1.88. The maximum atomic E-state index is 13.4. The normalized spacial score (nSPS) is 12.0. The fourth-order valence-corrected chi connectivity index (χ4v) is 4.87. The largest absolute Gasteiger partial charge is 0.496 e. The average Bonchev–Trinajstić information content (AvgIpc) is 2.83. The number of hydrogen-bond acceptors (Lipinski definition) is 5. The van der Waals surface area contributed by atoms with Gasteiger partial charge in [0.2, 0.25) is 5.91 Å². The van der Waals surface area contributed by atoms with Crippen molar-refractivity contribution in [3.63, 3.8) is 0 Å². The Hall–Kier alpha value is -3.52. The Kier molecular flexibility index (Phi) is 7.95. The van der Waals surface area contributed by atoms with E-state index in [4.69, 9.17) is 9.47 Å². The molecule has 174 valence electrons. The van der Waals surface area contributed by atoms with Crippen LogP contribution in [0, 0.1) is 0 Å². The Morgan fingerprint density at radius 3 is 2.24 bits per heavy atom. The highest BCUT2D eigenvalue weighted by Gasteiger charge is 2.28. The summed E-state index contributed by atoms with van der Waals surface area (Å²) >= 11 is 0. The number of amides is 1. The van der Waals surface area contributed by atoms with Crippen LogP contribution in [-0.2, 0) is 14.8 Å². The van der Waals surface area contributed by atoms with Crippen molar-refractivity contribution in [2.45, 2.75) is 24.8 Å². The van der Waals surface area contributed by atoms with Crippen molar-refractivity contribution >= 4 is 21.6 Å². The molecule has 0 aliphatic rings. The number of sulfonamides is 1. The summed E-state index contributed by atoms with van der Waals surface area (Å²) in [7, 11) is -2.42. The van der Waals surface area contributed by atoms with Crippen LogP contribution in [-0.4, -0.2) is 34.6 Å². The molecule has 0 aliphatic heterocycles. The molecule has 0 fully saturated rings.